The molecule has 0 N–H and O–H groups in total. The summed E-state index contributed by atoms with van der Waals surface area (Å²) in [6.45, 7) is 2.72. The Morgan fingerprint density at radius 1 is 1.06 bits per heavy atom. The van der Waals surface area contributed by atoms with E-state index in [-0.39, 0.29) is 13.1 Å². The summed E-state index contributed by atoms with van der Waals surface area (Å²) >= 11 is 0. The molecule has 17 heavy (non-hydrogen) atoms. The molecule has 0 heterocycles. The fraction of sp³-hybridized carbons (Fsp3) is 0.875. The highest BCUT2D eigenvalue weighted by atomic mass is 19.4. The van der Waals surface area contributed by atoms with E-state index in [0.29, 0.717) is 4.90 Å². The Morgan fingerprint density at radius 2 is 1.41 bits per heavy atom. The Bertz CT molecular complexity index is 244. The van der Waals surface area contributed by atoms with Crippen molar-refractivity contribution in [2.24, 2.45) is 0 Å². The van der Waals surface area contributed by atoms with Crippen LogP contribution in [0.3, 0.4) is 0 Å². The van der Waals surface area contributed by atoms with Gasteiger partial charge < -0.3 is 9.64 Å². The average molecular weight is 267 g/mol. The van der Waals surface area contributed by atoms with E-state index in [9.17, 15) is 31.1 Å². The molecule has 0 aromatic rings. The molecule has 102 valence electrons. The van der Waals surface area contributed by atoms with Crippen molar-refractivity contribution in [2.75, 3.05) is 13.1 Å². The fourth-order valence-corrected chi connectivity index (χ4v) is 0.976. The molecule has 0 aliphatic rings. The van der Waals surface area contributed by atoms with Gasteiger partial charge in [0.15, 0.2) is 0 Å². The summed E-state index contributed by atoms with van der Waals surface area (Å²) in [5.74, 6) is 0. The van der Waals surface area contributed by atoms with Gasteiger partial charge in [-0.25, -0.2) is 4.79 Å². The summed E-state index contributed by atoms with van der Waals surface area (Å²) < 4.78 is 75.7. The maximum absolute atomic E-state index is 12.0. The van der Waals surface area contributed by atoms with E-state index in [4.69, 9.17) is 0 Å². The molecule has 0 rings (SSSR count). The van der Waals surface area contributed by atoms with Gasteiger partial charge in [0.25, 0.3) is 6.10 Å². The molecule has 9 heteroatoms. The molecule has 0 saturated carbocycles. The second-order valence-corrected chi connectivity index (χ2v) is 3.02. The fourth-order valence-electron chi connectivity index (χ4n) is 0.976. The van der Waals surface area contributed by atoms with Crippen molar-refractivity contribution in [3.8, 4) is 0 Å². The number of carbonyl (C=O) groups excluding carboxylic acids is 1. The van der Waals surface area contributed by atoms with Gasteiger partial charge in [0, 0.05) is 13.1 Å². The van der Waals surface area contributed by atoms with Crippen molar-refractivity contribution in [3.05, 3.63) is 0 Å². The van der Waals surface area contributed by atoms with Crippen LogP contribution in [0.4, 0.5) is 31.1 Å². The van der Waals surface area contributed by atoms with Gasteiger partial charge in [0.1, 0.15) is 0 Å². The molecular weight excluding hydrogens is 256 g/mol. The molecule has 0 aliphatic carbocycles. The maximum atomic E-state index is 12.0. The molecule has 0 aromatic carbocycles. The third-order valence-electron chi connectivity index (χ3n) is 1.83. The van der Waals surface area contributed by atoms with E-state index in [0.717, 1.165) is 0 Å². The maximum Gasteiger partial charge on any atom is 0.434 e. The monoisotopic (exact) mass is 267 g/mol. The third-order valence-corrected chi connectivity index (χ3v) is 1.83. The molecule has 3 nitrogen and oxygen atoms in total. The van der Waals surface area contributed by atoms with Gasteiger partial charge in [-0.2, -0.15) is 26.3 Å². The largest absolute Gasteiger partial charge is 0.434 e. The van der Waals surface area contributed by atoms with E-state index in [1.807, 2.05) is 0 Å². The minimum Gasteiger partial charge on any atom is -0.426 e. The van der Waals surface area contributed by atoms with E-state index in [1.165, 1.54) is 13.8 Å². The van der Waals surface area contributed by atoms with E-state index >= 15 is 0 Å². The Morgan fingerprint density at radius 3 is 1.65 bits per heavy atom. The number of amides is 1. The van der Waals surface area contributed by atoms with Crippen LogP contribution in [-0.4, -0.2) is 42.5 Å². The summed E-state index contributed by atoms with van der Waals surface area (Å²) in [6.07, 6.45) is -17.1. The highest BCUT2D eigenvalue weighted by molar-refractivity contribution is 5.67. The first-order valence-electron chi connectivity index (χ1n) is 4.63. The second-order valence-electron chi connectivity index (χ2n) is 3.02. The minimum atomic E-state index is -5.68. The number of hydrogen-bond acceptors (Lipinski definition) is 2. The number of nitrogens with zero attached hydrogens (tertiary/aromatic N) is 1. The van der Waals surface area contributed by atoms with Crippen LogP contribution in [0.1, 0.15) is 13.8 Å². The summed E-state index contributed by atoms with van der Waals surface area (Å²) in [4.78, 5) is 11.7. The van der Waals surface area contributed by atoms with Crippen LogP contribution >= 0.6 is 0 Å². The van der Waals surface area contributed by atoms with Crippen molar-refractivity contribution in [3.63, 3.8) is 0 Å². The summed E-state index contributed by atoms with van der Waals surface area (Å²) in [6, 6.07) is 0. The zero-order valence-electron chi connectivity index (χ0n) is 9.02. The summed E-state index contributed by atoms with van der Waals surface area (Å²) in [7, 11) is 0. The third kappa shape index (κ3) is 4.70. The van der Waals surface area contributed by atoms with Crippen LogP contribution in [-0.2, 0) is 4.74 Å². The normalized spacial score (nSPS) is 12.8. The Kier molecular flexibility index (Phi) is 5.09. The second kappa shape index (κ2) is 5.46. The van der Waals surface area contributed by atoms with Crippen molar-refractivity contribution in [1.29, 1.82) is 0 Å². The molecule has 0 saturated heterocycles. The van der Waals surface area contributed by atoms with Gasteiger partial charge in [0.2, 0.25) is 0 Å². The van der Waals surface area contributed by atoms with Crippen molar-refractivity contribution < 1.29 is 35.9 Å². The lowest BCUT2D eigenvalue weighted by Gasteiger charge is -2.26. The highest BCUT2D eigenvalue weighted by Crippen LogP contribution is 2.35. The highest BCUT2D eigenvalue weighted by Gasteiger charge is 2.60. The summed E-state index contributed by atoms with van der Waals surface area (Å²) in [5, 5.41) is 0. The van der Waals surface area contributed by atoms with E-state index in [2.05, 4.69) is 4.74 Å². The lowest BCUT2D eigenvalue weighted by Crippen LogP contribution is -2.48. The zero-order chi connectivity index (χ0) is 13.9. The van der Waals surface area contributed by atoms with Crippen LogP contribution in [0.15, 0.2) is 0 Å². The van der Waals surface area contributed by atoms with Gasteiger partial charge in [-0.05, 0) is 13.8 Å². The van der Waals surface area contributed by atoms with Crippen LogP contribution in [0.2, 0.25) is 0 Å². The molecular formula is C8H11F6NO2. The molecule has 0 spiro atoms. The summed E-state index contributed by atoms with van der Waals surface area (Å²) in [5.41, 5.74) is 0. The molecule has 0 bridgehead atoms. The van der Waals surface area contributed by atoms with Crippen LogP contribution in [0.25, 0.3) is 0 Å². The lowest BCUT2D eigenvalue weighted by atomic mass is 10.3. The lowest BCUT2D eigenvalue weighted by molar-refractivity contribution is -0.308. The van der Waals surface area contributed by atoms with Crippen LogP contribution in [0, 0.1) is 0 Å². The van der Waals surface area contributed by atoms with Crippen molar-refractivity contribution in [1.82, 2.24) is 4.90 Å². The average Bonchev–Trinajstić information content (AvgIpc) is 2.12. The number of halogens is 6. The minimum absolute atomic E-state index is 0.0439. The molecule has 1 amide bonds. The van der Waals surface area contributed by atoms with Gasteiger partial charge in [-0.3, -0.25) is 0 Å². The van der Waals surface area contributed by atoms with Crippen LogP contribution < -0.4 is 0 Å². The first-order valence-corrected chi connectivity index (χ1v) is 4.63. The molecule has 0 fully saturated rings. The Hall–Kier alpha value is -1.15. The topological polar surface area (TPSA) is 29.5 Å². The first kappa shape index (κ1) is 15.9. The Balaban J connectivity index is 4.85. The Labute approximate surface area is 93.3 Å². The molecule has 0 aromatic heterocycles. The van der Waals surface area contributed by atoms with Gasteiger partial charge in [-0.1, -0.05) is 0 Å². The number of carbonyl (C=O) groups is 1. The van der Waals surface area contributed by atoms with Gasteiger partial charge >= 0.3 is 18.4 Å². The standard InChI is InChI=1S/C8H11F6NO2/c1-3-15(4-2)6(16)17-5(7(9,10)11)8(12,13)14/h5H,3-4H2,1-2H3. The van der Waals surface area contributed by atoms with Gasteiger partial charge in [-0.15, -0.1) is 0 Å². The molecule has 0 unspecified atom stereocenters. The van der Waals surface area contributed by atoms with Gasteiger partial charge in [0.05, 0.1) is 0 Å². The quantitative estimate of drug-likeness (QED) is 0.736. The smallest absolute Gasteiger partial charge is 0.426 e. The molecule has 0 atom stereocenters. The number of alkyl halides is 6. The molecule has 0 aliphatic heterocycles. The zero-order valence-corrected chi connectivity index (χ0v) is 9.02. The van der Waals surface area contributed by atoms with E-state index in [1.54, 1.807) is 0 Å². The molecule has 0 radical (unpaired) electrons. The number of rotatable bonds is 3. The predicted octanol–water partition coefficient (Wildman–Crippen LogP) is 2.96. The number of ether oxygens (including phenoxy) is 1. The number of hydrogen-bond donors (Lipinski definition) is 0. The van der Waals surface area contributed by atoms with Crippen molar-refractivity contribution in [2.45, 2.75) is 32.3 Å². The predicted molar refractivity (Wildman–Crippen MR) is 45.3 cm³/mol. The SMILES string of the molecule is CCN(CC)C(=O)OC(C(F)(F)F)C(F)(F)F. The van der Waals surface area contributed by atoms with Crippen LogP contribution in [0.5, 0.6) is 0 Å². The van der Waals surface area contributed by atoms with E-state index < -0.39 is 24.5 Å². The van der Waals surface area contributed by atoms with Crippen molar-refractivity contribution >= 4 is 6.09 Å². The first-order chi connectivity index (χ1) is 7.54.